The molecule has 2 N–H and O–H groups in total. The summed E-state index contributed by atoms with van der Waals surface area (Å²) < 4.78 is 14.1. The zero-order valence-electron chi connectivity index (χ0n) is 16.4. The molecule has 10 nitrogen and oxygen atoms in total. The lowest BCUT2D eigenvalue weighted by Crippen LogP contribution is -2.39. The van der Waals surface area contributed by atoms with Crippen LogP contribution in [-0.2, 0) is 23.8 Å². The van der Waals surface area contributed by atoms with Crippen LogP contribution < -0.4 is 10.6 Å². The maximum atomic E-state index is 12.2. The van der Waals surface area contributed by atoms with E-state index in [1.807, 2.05) is 0 Å². The Bertz CT molecular complexity index is 687. The highest BCUT2D eigenvalue weighted by Crippen LogP contribution is 2.17. The van der Waals surface area contributed by atoms with E-state index in [1.54, 1.807) is 7.05 Å². The third-order valence-electron chi connectivity index (χ3n) is 3.51. The average Bonchev–Trinajstić information content (AvgIpc) is 2.66. The van der Waals surface area contributed by atoms with Crippen molar-refractivity contribution in [2.45, 2.75) is 0 Å². The van der Waals surface area contributed by atoms with Gasteiger partial charge in [-0.1, -0.05) is 0 Å². The predicted octanol–water partition coefficient (Wildman–Crippen LogP) is -0.107. The van der Waals surface area contributed by atoms with Gasteiger partial charge in [-0.05, 0) is 25.2 Å². The fourth-order valence-electron chi connectivity index (χ4n) is 2.27. The summed E-state index contributed by atoms with van der Waals surface area (Å²) in [6, 6.07) is 4.07. The summed E-state index contributed by atoms with van der Waals surface area (Å²) in [5.74, 6) is -1.99. The third kappa shape index (κ3) is 7.72. The number of ether oxygens (including phenoxy) is 3. The fourth-order valence-corrected chi connectivity index (χ4v) is 2.27. The van der Waals surface area contributed by atoms with E-state index >= 15 is 0 Å². The zero-order chi connectivity index (χ0) is 21.1. The molecule has 28 heavy (non-hydrogen) atoms. The quantitative estimate of drug-likeness (QED) is 0.416. The van der Waals surface area contributed by atoms with Crippen LogP contribution in [0, 0.1) is 0 Å². The van der Waals surface area contributed by atoms with E-state index in [0.29, 0.717) is 13.2 Å². The largest absolute Gasteiger partial charge is 0.465 e. The van der Waals surface area contributed by atoms with Crippen molar-refractivity contribution < 1.29 is 33.4 Å². The second-order valence-corrected chi connectivity index (χ2v) is 5.85. The number of likely N-dealkylation sites (N-methyl/N-ethyl adjacent to an activating group) is 1. The van der Waals surface area contributed by atoms with Gasteiger partial charge in [0, 0.05) is 19.3 Å². The SMILES string of the molecule is COCCNC(=O)CN(C)CC(=O)Nc1cc(C(=O)OC)cc(C(=O)OC)c1. The van der Waals surface area contributed by atoms with E-state index < -0.39 is 17.8 Å². The van der Waals surface area contributed by atoms with Crippen LogP contribution in [0.15, 0.2) is 18.2 Å². The van der Waals surface area contributed by atoms with Crippen LogP contribution in [0.5, 0.6) is 0 Å². The normalized spacial score (nSPS) is 10.3. The third-order valence-corrected chi connectivity index (χ3v) is 3.51. The number of nitrogens with one attached hydrogen (secondary N) is 2. The number of hydrogen-bond acceptors (Lipinski definition) is 8. The van der Waals surface area contributed by atoms with Crippen molar-refractivity contribution in [1.29, 1.82) is 0 Å². The van der Waals surface area contributed by atoms with Crippen molar-refractivity contribution in [3.05, 3.63) is 29.3 Å². The van der Waals surface area contributed by atoms with Crippen LogP contribution in [0.3, 0.4) is 0 Å². The minimum absolute atomic E-state index is 0.0206. The van der Waals surface area contributed by atoms with Crippen molar-refractivity contribution in [1.82, 2.24) is 10.2 Å². The summed E-state index contributed by atoms with van der Waals surface area (Å²) in [6.45, 7) is 0.724. The summed E-state index contributed by atoms with van der Waals surface area (Å²) in [5, 5.41) is 5.24. The van der Waals surface area contributed by atoms with Gasteiger partial charge in [0.2, 0.25) is 11.8 Å². The monoisotopic (exact) mass is 395 g/mol. The minimum Gasteiger partial charge on any atom is -0.465 e. The van der Waals surface area contributed by atoms with E-state index in [-0.39, 0.29) is 35.8 Å². The lowest BCUT2D eigenvalue weighted by molar-refractivity contribution is -0.123. The highest BCUT2D eigenvalue weighted by molar-refractivity contribution is 5.99. The Kier molecular flexibility index (Phi) is 9.61. The minimum atomic E-state index is -0.661. The van der Waals surface area contributed by atoms with Crippen LogP contribution in [0.2, 0.25) is 0 Å². The first-order valence-electron chi connectivity index (χ1n) is 8.36. The number of methoxy groups -OCH3 is 3. The molecule has 10 heteroatoms. The summed E-state index contributed by atoms with van der Waals surface area (Å²) in [4.78, 5) is 49.0. The molecule has 1 rings (SSSR count). The average molecular weight is 395 g/mol. The molecule has 1 aromatic carbocycles. The number of rotatable bonds is 10. The van der Waals surface area contributed by atoms with Gasteiger partial charge in [-0.3, -0.25) is 14.5 Å². The topological polar surface area (TPSA) is 123 Å². The van der Waals surface area contributed by atoms with E-state index in [4.69, 9.17) is 4.74 Å². The molecule has 0 bridgehead atoms. The molecule has 2 amide bonds. The smallest absolute Gasteiger partial charge is 0.337 e. The molecular formula is C18H25N3O7. The van der Waals surface area contributed by atoms with Crippen LogP contribution >= 0.6 is 0 Å². The predicted molar refractivity (Wildman–Crippen MR) is 100 cm³/mol. The second-order valence-electron chi connectivity index (χ2n) is 5.85. The lowest BCUT2D eigenvalue weighted by Gasteiger charge is -2.16. The fraction of sp³-hybridized carbons (Fsp3) is 0.444. The molecule has 0 fully saturated rings. The first-order valence-corrected chi connectivity index (χ1v) is 8.36. The van der Waals surface area contributed by atoms with E-state index in [9.17, 15) is 19.2 Å². The van der Waals surface area contributed by atoms with Gasteiger partial charge in [0.25, 0.3) is 0 Å². The molecule has 0 aliphatic heterocycles. The Labute approximate surface area is 163 Å². The Morgan fingerprint density at radius 3 is 1.93 bits per heavy atom. The first-order chi connectivity index (χ1) is 13.3. The summed E-state index contributed by atoms with van der Waals surface area (Å²) >= 11 is 0. The summed E-state index contributed by atoms with van der Waals surface area (Å²) in [7, 11) is 5.56. The standard InChI is InChI=1S/C18H25N3O7/c1-21(10-15(22)19-5-6-26-2)11-16(23)20-14-8-12(17(24)27-3)7-13(9-14)18(25)28-4/h7-9H,5-6,10-11H2,1-4H3,(H,19,22)(H,20,23). The number of carbonyl (C=O) groups excluding carboxylic acids is 4. The number of benzene rings is 1. The molecule has 0 aromatic heterocycles. The molecule has 154 valence electrons. The van der Waals surface area contributed by atoms with Crippen molar-refractivity contribution in [3.8, 4) is 0 Å². The lowest BCUT2D eigenvalue weighted by atomic mass is 10.1. The Hall–Kier alpha value is -2.98. The van der Waals surface area contributed by atoms with Crippen LogP contribution in [-0.4, -0.2) is 83.3 Å². The van der Waals surface area contributed by atoms with Crippen LogP contribution in [0.4, 0.5) is 5.69 Å². The maximum absolute atomic E-state index is 12.2. The number of esters is 2. The molecule has 0 aliphatic rings. The van der Waals surface area contributed by atoms with Gasteiger partial charge in [0.1, 0.15) is 0 Å². The molecule has 0 radical (unpaired) electrons. The van der Waals surface area contributed by atoms with Crippen molar-refractivity contribution in [3.63, 3.8) is 0 Å². The van der Waals surface area contributed by atoms with Gasteiger partial charge in [0.15, 0.2) is 0 Å². The van der Waals surface area contributed by atoms with E-state index in [1.165, 1.54) is 44.4 Å². The van der Waals surface area contributed by atoms with Gasteiger partial charge < -0.3 is 24.8 Å². The van der Waals surface area contributed by atoms with Crippen molar-refractivity contribution in [2.24, 2.45) is 0 Å². The van der Waals surface area contributed by atoms with E-state index in [2.05, 4.69) is 20.1 Å². The molecule has 0 aliphatic carbocycles. The highest BCUT2D eigenvalue weighted by Gasteiger charge is 2.16. The highest BCUT2D eigenvalue weighted by atomic mass is 16.5. The number of nitrogens with zero attached hydrogens (tertiary/aromatic N) is 1. The van der Waals surface area contributed by atoms with Gasteiger partial charge >= 0.3 is 11.9 Å². The molecular weight excluding hydrogens is 370 g/mol. The van der Waals surface area contributed by atoms with E-state index in [0.717, 1.165) is 0 Å². The Morgan fingerprint density at radius 2 is 1.43 bits per heavy atom. The molecule has 0 saturated heterocycles. The zero-order valence-corrected chi connectivity index (χ0v) is 16.4. The van der Waals surface area contributed by atoms with Gasteiger partial charge in [-0.25, -0.2) is 9.59 Å². The number of hydrogen-bond donors (Lipinski definition) is 2. The first kappa shape index (κ1) is 23.1. The van der Waals surface area contributed by atoms with Gasteiger partial charge in [0.05, 0.1) is 45.0 Å². The number of carbonyl (C=O) groups is 4. The summed E-state index contributed by atoms with van der Waals surface area (Å²) in [5.41, 5.74) is 0.407. The van der Waals surface area contributed by atoms with Crippen molar-refractivity contribution >= 4 is 29.4 Å². The number of amides is 2. The second kappa shape index (κ2) is 11.7. The maximum Gasteiger partial charge on any atom is 0.337 e. The van der Waals surface area contributed by atoms with Gasteiger partial charge in [-0.2, -0.15) is 0 Å². The van der Waals surface area contributed by atoms with Crippen LogP contribution in [0.25, 0.3) is 0 Å². The van der Waals surface area contributed by atoms with Crippen LogP contribution in [0.1, 0.15) is 20.7 Å². The number of anilines is 1. The van der Waals surface area contributed by atoms with Crippen molar-refractivity contribution in [2.75, 3.05) is 59.9 Å². The molecule has 0 atom stereocenters. The molecule has 1 aromatic rings. The molecule has 0 spiro atoms. The Balaban J connectivity index is 2.75. The summed E-state index contributed by atoms with van der Waals surface area (Å²) in [6.07, 6.45) is 0. The molecule has 0 saturated carbocycles. The van der Waals surface area contributed by atoms with Gasteiger partial charge in [-0.15, -0.1) is 0 Å². The molecule has 0 unspecified atom stereocenters. The molecule has 0 heterocycles. The Morgan fingerprint density at radius 1 is 0.893 bits per heavy atom.